The summed E-state index contributed by atoms with van der Waals surface area (Å²) < 4.78 is 5.68. The molecule has 0 fully saturated rings. The van der Waals surface area contributed by atoms with E-state index >= 15 is 0 Å². The quantitative estimate of drug-likeness (QED) is 0.794. The third kappa shape index (κ3) is 5.03. The molecule has 4 nitrogen and oxygen atoms in total. The van der Waals surface area contributed by atoms with Gasteiger partial charge >= 0.3 is 5.97 Å². The van der Waals surface area contributed by atoms with Gasteiger partial charge in [-0.05, 0) is 36.8 Å². The molecular formula is C17H17NO3. The van der Waals surface area contributed by atoms with Crippen molar-refractivity contribution in [3.63, 3.8) is 0 Å². The number of allylic oxidation sites excluding steroid dienone is 1. The molecule has 0 aliphatic carbocycles. The maximum atomic E-state index is 10.5. The van der Waals surface area contributed by atoms with Gasteiger partial charge in [-0.25, -0.2) is 4.79 Å². The van der Waals surface area contributed by atoms with Crippen LogP contribution in [0.25, 0.3) is 0 Å². The number of hydrogen-bond acceptors (Lipinski definition) is 3. The molecule has 0 heterocycles. The van der Waals surface area contributed by atoms with Gasteiger partial charge in [0, 0.05) is 17.5 Å². The number of anilines is 1. The van der Waals surface area contributed by atoms with E-state index in [9.17, 15) is 4.79 Å². The van der Waals surface area contributed by atoms with Crippen molar-refractivity contribution < 1.29 is 14.6 Å². The van der Waals surface area contributed by atoms with Crippen LogP contribution in [0.1, 0.15) is 12.5 Å². The van der Waals surface area contributed by atoms with Gasteiger partial charge in [0.15, 0.2) is 0 Å². The van der Waals surface area contributed by atoms with E-state index in [1.165, 1.54) is 0 Å². The van der Waals surface area contributed by atoms with Gasteiger partial charge in [-0.1, -0.05) is 30.3 Å². The van der Waals surface area contributed by atoms with E-state index in [4.69, 9.17) is 9.84 Å². The van der Waals surface area contributed by atoms with Gasteiger partial charge in [0.1, 0.15) is 12.4 Å². The van der Waals surface area contributed by atoms with E-state index in [0.29, 0.717) is 12.3 Å². The summed E-state index contributed by atoms with van der Waals surface area (Å²) in [5, 5.41) is 11.6. The summed E-state index contributed by atoms with van der Waals surface area (Å²) in [7, 11) is 0. The fraction of sp³-hybridized carbons (Fsp3) is 0.118. The lowest BCUT2D eigenvalue weighted by Gasteiger charge is -2.09. The van der Waals surface area contributed by atoms with Crippen LogP contribution < -0.4 is 10.1 Å². The zero-order chi connectivity index (χ0) is 15.1. The topological polar surface area (TPSA) is 58.6 Å². The highest BCUT2D eigenvalue weighted by molar-refractivity contribution is 5.81. The third-order valence-corrected chi connectivity index (χ3v) is 2.78. The van der Waals surface area contributed by atoms with Crippen molar-refractivity contribution in [3.05, 3.63) is 71.9 Å². The summed E-state index contributed by atoms with van der Waals surface area (Å²) in [6.45, 7) is 2.22. The van der Waals surface area contributed by atoms with Gasteiger partial charge < -0.3 is 15.2 Å². The summed E-state index contributed by atoms with van der Waals surface area (Å²) >= 11 is 0. The summed E-state index contributed by atoms with van der Waals surface area (Å²) in [6, 6.07) is 17.3. The Balaban J connectivity index is 1.91. The molecule has 0 saturated heterocycles. The molecule has 0 spiro atoms. The highest BCUT2D eigenvalue weighted by Crippen LogP contribution is 2.18. The summed E-state index contributed by atoms with van der Waals surface area (Å²) in [5.74, 6) is -0.202. The number of carboxylic acids is 1. The number of rotatable bonds is 6. The minimum atomic E-state index is -0.970. The van der Waals surface area contributed by atoms with Crippen molar-refractivity contribution in [3.8, 4) is 5.75 Å². The molecule has 4 heteroatoms. The molecule has 0 radical (unpaired) electrons. The van der Waals surface area contributed by atoms with E-state index in [0.717, 1.165) is 23.1 Å². The number of hydrogen-bond donors (Lipinski definition) is 2. The van der Waals surface area contributed by atoms with E-state index in [1.807, 2.05) is 54.6 Å². The monoisotopic (exact) mass is 283 g/mol. The Labute approximate surface area is 123 Å². The van der Waals surface area contributed by atoms with E-state index < -0.39 is 5.97 Å². The number of carbonyl (C=O) groups is 1. The molecule has 0 saturated carbocycles. The van der Waals surface area contributed by atoms with Crippen LogP contribution in [0.3, 0.4) is 0 Å². The number of ether oxygens (including phenoxy) is 1. The van der Waals surface area contributed by atoms with Crippen LogP contribution in [-0.4, -0.2) is 11.1 Å². The second-order valence-electron chi connectivity index (χ2n) is 4.59. The molecule has 0 bridgehead atoms. The minimum Gasteiger partial charge on any atom is -0.489 e. The molecular weight excluding hydrogens is 266 g/mol. The Bertz CT molecular complexity index is 618. The molecule has 0 aliphatic rings. The van der Waals surface area contributed by atoms with Crippen molar-refractivity contribution in [1.82, 2.24) is 0 Å². The fourth-order valence-corrected chi connectivity index (χ4v) is 1.82. The smallest absolute Gasteiger partial charge is 0.330 e. The number of nitrogens with one attached hydrogen (secondary N) is 1. The Hall–Kier alpha value is -2.75. The summed E-state index contributed by atoms with van der Waals surface area (Å²) in [6.07, 6.45) is 1.12. The van der Waals surface area contributed by atoms with Crippen molar-refractivity contribution in [2.24, 2.45) is 0 Å². The molecule has 0 atom stereocenters. The molecule has 0 unspecified atom stereocenters. The number of aliphatic carboxylic acids is 1. The fourth-order valence-electron chi connectivity index (χ4n) is 1.82. The Morgan fingerprint density at radius 2 is 1.81 bits per heavy atom. The van der Waals surface area contributed by atoms with Gasteiger partial charge in [0.05, 0.1) is 0 Å². The first-order chi connectivity index (χ1) is 10.1. The first kappa shape index (κ1) is 14.7. The highest BCUT2D eigenvalue weighted by Gasteiger charge is 1.98. The predicted molar refractivity (Wildman–Crippen MR) is 82.2 cm³/mol. The van der Waals surface area contributed by atoms with Gasteiger partial charge in [-0.3, -0.25) is 0 Å². The zero-order valence-electron chi connectivity index (χ0n) is 11.7. The predicted octanol–water partition coefficient (Wildman–Crippen LogP) is 3.67. The average molecular weight is 283 g/mol. The Morgan fingerprint density at radius 3 is 2.43 bits per heavy atom. The SMILES string of the molecule is CC(=CC(=O)O)Nc1ccc(OCc2ccccc2)cc1. The molecule has 2 aromatic rings. The molecule has 2 N–H and O–H groups in total. The zero-order valence-corrected chi connectivity index (χ0v) is 11.7. The molecule has 108 valence electrons. The lowest BCUT2D eigenvalue weighted by atomic mass is 10.2. The molecule has 2 aromatic carbocycles. The van der Waals surface area contributed by atoms with Gasteiger partial charge in [0.2, 0.25) is 0 Å². The maximum Gasteiger partial charge on any atom is 0.330 e. The summed E-state index contributed by atoms with van der Waals surface area (Å²) in [4.78, 5) is 10.5. The highest BCUT2D eigenvalue weighted by atomic mass is 16.5. The lowest BCUT2D eigenvalue weighted by Crippen LogP contribution is -2.00. The van der Waals surface area contributed by atoms with Crippen molar-refractivity contribution in [2.75, 3.05) is 5.32 Å². The molecule has 0 aliphatic heterocycles. The summed E-state index contributed by atoms with van der Waals surface area (Å²) in [5.41, 5.74) is 2.50. The third-order valence-electron chi connectivity index (χ3n) is 2.78. The van der Waals surface area contributed by atoms with Gasteiger partial charge in [0.25, 0.3) is 0 Å². The second-order valence-corrected chi connectivity index (χ2v) is 4.59. The van der Waals surface area contributed by atoms with Crippen LogP contribution in [0.15, 0.2) is 66.4 Å². The Morgan fingerprint density at radius 1 is 1.14 bits per heavy atom. The van der Waals surface area contributed by atoms with Crippen molar-refractivity contribution >= 4 is 11.7 Å². The standard InChI is InChI=1S/C17H17NO3/c1-13(11-17(19)20)18-15-7-9-16(10-8-15)21-12-14-5-3-2-4-6-14/h2-11,18H,12H2,1H3,(H,19,20). The van der Waals surface area contributed by atoms with Crippen LogP contribution in [0.2, 0.25) is 0 Å². The number of benzene rings is 2. The van der Waals surface area contributed by atoms with Crippen LogP contribution in [0, 0.1) is 0 Å². The second kappa shape index (κ2) is 7.14. The lowest BCUT2D eigenvalue weighted by molar-refractivity contribution is -0.131. The molecule has 0 amide bonds. The minimum absolute atomic E-state index is 0.519. The van der Waals surface area contributed by atoms with Crippen LogP contribution >= 0.6 is 0 Å². The van der Waals surface area contributed by atoms with E-state index in [1.54, 1.807) is 6.92 Å². The van der Waals surface area contributed by atoms with Crippen molar-refractivity contribution in [2.45, 2.75) is 13.5 Å². The normalized spacial score (nSPS) is 11.0. The maximum absolute atomic E-state index is 10.5. The molecule has 2 rings (SSSR count). The van der Waals surface area contributed by atoms with Gasteiger partial charge in [-0.2, -0.15) is 0 Å². The van der Waals surface area contributed by atoms with E-state index in [2.05, 4.69) is 5.32 Å². The average Bonchev–Trinajstić information content (AvgIpc) is 2.47. The van der Waals surface area contributed by atoms with Crippen LogP contribution in [0.4, 0.5) is 5.69 Å². The van der Waals surface area contributed by atoms with Crippen LogP contribution in [0.5, 0.6) is 5.75 Å². The number of carboxylic acid groups (broad SMARTS) is 1. The van der Waals surface area contributed by atoms with Crippen molar-refractivity contribution in [1.29, 1.82) is 0 Å². The van der Waals surface area contributed by atoms with Crippen LogP contribution in [-0.2, 0) is 11.4 Å². The molecule has 0 aromatic heterocycles. The Kier molecular flexibility index (Phi) is 4.99. The van der Waals surface area contributed by atoms with Gasteiger partial charge in [-0.15, -0.1) is 0 Å². The first-order valence-electron chi connectivity index (χ1n) is 6.58. The largest absolute Gasteiger partial charge is 0.489 e. The van der Waals surface area contributed by atoms with E-state index in [-0.39, 0.29) is 0 Å². The molecule has 21 heavy (non-hydrogen) atoms. The first-order valence-corrected chi connectivity index (χ1v) is 6.58.